The summed E-state index contributed by atoms with van der Waals surface area (Å²) in [5, 5.41) is 8.89. The van der Waals surface area contributed by atoms with Gasteiger partial charge in [0, 0.05) is 19.2 Å². The molecule has 0 aliphatic rings. The average molecular weight is 319 g/mol. The summed E-state index contributed by atoms with van der Waals surface area (Å²) in [4.78, 5) is 10.5. The molecule has 0 spiro atoms. The number of carbonyl (C=O) groups is 1. The summed E-state index contributed by atoms with van der Waals surface area (Å²) >= 11 is 0. The fourth-order valence-corrected chi connectivity index (χ4v) is 2.95. The van der Waals surface area contributed by atoms with Gasteiger partial charge in [0.15, 0.2) is 0 Å². The molecule has 0 unspecified atom stereocenters. The number of benzene rings is 1. The van der Waals surface area contributed by atoms with E-state index in [4.69, 9.17) is 9.84 Å². The second kappa shape index (κ2) is 6.08. The van der Waals surface area contributed by atoms with Crippen molar-refractivity contribution in [1.29, 1.82) is 0 Å². The molecule has 2 N–H and O–H groups in total. The fourth-order valence-electron chi connectivity index (χ4n) is 1.47. The highest BCUT2D eigenvalue weighted by Gasteiger charge is 2.25. The molecule has 0 atom stereocenters. The van der Waals surface area contributed by atoms with E-state index in [1.54, 1.807) is 13.8 Å². The van der Waals surface area contributed by atoms with Crippen LogP contribution in [-0.2, 0) is 14.8 Å². The first kappa shape index (κ1) is 17.5. The number of aromatic carboxylic acids is 1. The topological polar surface area (TPSA) is 92.7 Å². The number of methoxy groups -OCH3 is 1. The normalized spacial score (nSPS) is 12.4. The predicted molar refractivity (Wildman–Crippen MR) is 74.4 cm³/mol. The summed E-state index contributed by atoms with van der Waals surface area (Å²) in [6.07, 6.45) is 0. The first-order valence-corrected chi connectivity index (χ1v) is 7.57. The number of rotatable bonds is 6. The van der Waals surface area contributed by atoms with Crippen LogP contribution >= 0.6 is 0 Å². The van der Waals surface area contributed by atoms with Crippen molar-refractivity contribution in [2.24, 2.45) is 0 Å². The van der Waals surface area contributed by atoms with E-state index < -0.39 is 37.9 Å². The number of ether oxygens (including phenoxy) is 1. The SMILES string of the molecule is COC(C)(C)CNS(=O)(=O)c1cc(C(=O)O)cc(F)c1C. The van der Waals surface area contributed by atoms with Gasteiger partial charge in [-0.05, 0) is 32.9 Å². The van der Waals surface area contributed by atoms with Crippen LogP contribution in [0, 0.1) is 12.7 Å². The van der Waals surface area contributed by atoms with Gasteiger partial charge < -0.3 is 9.84 Å². The largest absolute Gasteiger partial charge is 0.478 e. The van der Waals surface area contributed by atoms with Crippen LogP contribution in [0.1, 0.15) is 29.8 Å². The Balaban J connectivity index is 3.22. The number of hydrogen-bond acceptors (Lipinski definition) is 4. The first-order valence-electron chi connectivity index (χ1n) is 6.08. The van der Waals surface area contributed by atoms with Crippen molar-refractivity contribution in [3.8, 4) is 0 Å². The van der Waals surface area contributed by atoms with Crippen LogP contribution in [0.3, 0.4) is 0 Å². The van der Waals surface area contributed by atoms with Gasteiger partial charge in [-0.3, -0.25) is 0 Å². The first-order chi connectivity index (χ1) is 9.50. The fraction of sp³-hybridized carbons (Fsp3) is 0.462. The molecule has 118 valence electrons. The maximum atomic E-state index is 13.7. The highest BCUT2D eigenvalue weighted by Crippen LogP contribution is 2.21. The molecule has 1 aromatic rings. The second-order valence-electron chi connectivity index (χ2n) is 5.17. The molecule has 0 amide bonds. The van der Waals surface area contributed by atoms with Crippen molar-refractivity contribution < 1.29 is 27.4 Å². The monoisotopic (exact) mass is 319 g/mol. The zero-order chi connectivity index (χ0) is 16.4. The summed E-state index contributed by atoms with van der Waals surface area (Å²) < 4.78 is 45.5. The van der Waals surface area contributed by atoms with Crippen LogP contribution in [0.5, 0.6) is 0 Å². The Kier molecular flexibility index (Phi) is 5.08. The number of hydrogen-bond donors (Lipinski definition) is 2. The Hall–Kier alpha value is -1.51. The Labute approximate surface area is 123 Å². The van der Waals surface area contributed by atoms with Gasteiger partial charge in [0.25, 0.3) is 0 Å². The number of nitrogens with one attached hydrogen (secondary N) is 1. The molecule has 1 aromatic carbocycles. The summed E-state index contributed by atoms with van der Waals surface area (Å²) in [7, 11) is -2.61. The minimum atomic E-state index is -4.05. The highest BCUT2D eigenvalue weighted by molar-refractivity contribution is 7.89. The summed E-state index contributed by atoms with van der Waals surface area (Å²) in [6.45, 7) is 4.59. The van der Waals surface area contributed by atoms with Crippen LogP contribution in [0.25, 0.3) is 0 Å². The molecule has 0 saturated heterocycles. The number of halogens is 1. The molecule has 6 nitrogen and oxygen atoms in total. The van der Waals surface area contributed by atoms with E-state index in [0.717, 1.165) is 12.1 Å². The molecular weight excluding hydrogens is 301 g/mol. The van der Waals surface area contributed by atoms with Crippen LogP contribution < -0.4 is 4.72 Å². The quantitative estimate of drug-likeness (QED) is 0.829. The Morgan fingerprint density at radius 3 is 2.48 bits per heavy atom. The van der Waals surface area contributed by atoms with Crippen molar-refractivity contribution in [3.63, 3.8) is 0 Å². The molecule has 0 aliphatic carbocycles. The van der Waals surface area contributed by atoms with Crippen molar-refractivity contribution in [3.05, 3.63) is 29.1 Å². The van der Waals surface area contributed by atoms with E-state index in [0.29, 0.717) is 0 Å². The van der Waals surface area contributed by atoms with Crippen LogP contribution in [0.2, 0.25) is 0 Å². The zero-order valence-corrected chi connectivity index (χ0v) is 13.0. The van der Waals surface area contributed by atoms with Crippen molar-refractivity contribution in [2.45, 2.75) is 31.3 Å². The molecule has 0 aromatic heterocycles. The summed E-state index contributed by atoms with van der Waals surface area (Å²) in [6, 6.07) is 1.72. The third kappa shape index (κ3) is 4.23. The van der Waals surface area contributed by atoms with E-state index >= 15 is 0 Å². The molecule has 0 bridgehead atoms. The van der Waals surface area contributed by atoms with Gasteiger partial charge in [-0.25, -0.2) is 22.3 Å². The molecule has 0 radical (unpaired) electrons. The van der Waals surface area contributed by atoms with Crippen molar-refractivity contribution >= 4 is 16.0 Å². The Bertz CT molecular complexity index is 655. The van der Waals surface area contributed by atoms with Gasteiger partial charge in [-0.1, -0.05) is 0 Å². The van der Waals surface area contributed by atoms with Gasteiger partial charge in [-0.15, -0.1) is 0 Å². The molecule has 0 aliphatic heterocycles. The molecule has 0 saturated carbocycles. The number of sulfonamides is 1. The predicted octanol–water partition coefficient (Wildman–Crippen LogP) is 1.54. The summed E-state index contributed by atoms with van der Waals surface area (Å²) in [5.74, 6) is -2.29. The molecular formula is C13H18FNO5S. The van der Waals surface area contributed by atoms with Crippen LogP contribution in [-0.4, -0.2) is 38.7 Å². The molecule has 8 heteroatoms. The minimum Gasteiger partial charge on any atom is -0.478 e. The zero-order valence-electron chi connectivity index (χ0n) is 12.2. The van der Waals surface area contributed by atoms with Gasteiger partial charge in [0.05, 0.1) is 16.1 Å². The third-order valence-corrected chi connectivity index (χ3v) is 4.60. The van der Waals surface area contributed by atoms with Gasteiger partial charge in [-0.2, -0.15) is 0 Å². The molecule has 1 rings (SSSR count). The lowest BCUT2D eigenvalue weighted by Crippen LogP contribution is -2.40. The van der Waals surface area contributed by atoms with Crippen molar-refractivity contribution in [2.75, 3.05) is 13.7 Å². The highest BCUT2D eigenvalue weighted by atomic mass is 32.2. The Morgan fingerprint density at radius 1 is 1.43 bits per heavy atom. The van der Waals surface area contributed by atoms with E-state index in [2.05, 4.69) is 4.72 Å². The lowest BCUT2D eigenvalue weighted by Gasteiger charge is -2.23. The molecule has 0 fully saturated rings. The number of carboxylic acid groups (broad SMARTS) is 1. The summed E-state index contributed by atoms with van der Waals surface area (Å²) in [5.41, 5.74) is -1.31. The van der Waals surface area contributed by atoms with Gasteiger partial charge in [0.2, 0.25) is 10.0 Å². The van der Waals surface area contributed by atoms with E-state index in [-0.39, 0.29) is 12.1 Å². The number of carboxylic acids is 1. The van der Waals surface area contributed by atoms with E-state index in [9.17, 15) is 17.6 Å². The smallest absolute Gasteiger partial charge is 0.335 e. The van der Waals surface area contributed by atoms with Crippen LogP contribution in [0.15, 0.2) is 17.0 Å². The maximum absolute atomic E-state index is 13.7. The Morgan fingerprint density at radius 2 is 2.00 bits per heavy atom. The standard InChI is InChI=1S/C13H18FNO5S/c1-8-10(14)5-9(12(16)17)6-11(8)21(18,19)15-7-13(2,3)20-4/h5-6,15H,7H2,1-4H3,(H,16,17). The lowest BCUT2D eigenvalue weighted by atomic mass is 10.1. The van der Waals surface area contributed by atoms with Crippen LogP contribution in [0.4, 0.5) is 4.39 Å². The van der Waals surface area contributed by atoms with Crippen molar-refractivity contribution in [1.82, 2.24) is 4.72 Å². The van der Waals surface area contributed by atoms with Gasteiger partial charge >= 0.3 is 5.97 Å². The average Bonchev–Trinajstić information content (AvgIpc) is 2.39. The molecule has 21 heavy (non-hydrogen) atoms. The van der Waals surface area contributed by atoms with Gasteiger partial charge in [0.1, 0.15) is 5.82 Å². The second-order valence-corrected chi connectivity index (χ2v) is 6.91. The minimum absolute atomic E-state index is 0.0375. The third-order valence-electron chi connectivity index (χ3n) is 3.07. The van der Waals surface area contributed by atoms with E-state index in [1.165, 1.54) is 14.0 Å². The molecule has 0 heterocycles. The lowest BCUT2D eigenvalue weighted by molar-refractivity contribution is 0.0276. The maximum Gasteiger partial charge on any atom is 0.335 e. The van der Waals surface area contributed by atoms with E-state index in [1.807, 2.05) is 0 Å².